The first-order chi connectivity index (χ1) is 14.0. The van der Waals surface area contributed by atoms with E-state index >= 15 is 0 Å². The van der Waals surface area contributed by atoms with Gasteiger partial charge in [0.1, 0.15) is 17.1 Å². The Kier molecular flexibility index (Phi) is 5.09. The average molecular weight is 409 g/mol. The number of halogens is 1. The van der Waals surface area contributed by atoms with Crippen molar-refractivity contribution in [1.82, 2.24) is 4.98 Å². The van der Waals surface area contributed by atoms with Crippen LogP contribution < -0.4 is 15.6 Å². The first-order valence-electron chi connectivity index (χ1n) is 8.68. The molecule has 0 aliphatic rings. The highest BCUT2D eigenvalue weighted by Crippen LogP contribution is 2.26. The lowest BCUT2D eigenvalue weighted by Gasteiger charge is -2.08. The maximum absolute atomic E-state index is 14.4. The number of anilines is 1. The zero-order valence-electron chi connectivity index (χ0n) is 15.6. The summed E-state index contributed by atoms with van der Waals surface area (Å²) in [6, 6.07) is 11.6. The SMILES string of the molecule is COc1cccc2cc(C(=O)Nc3nccs3)c(=Nc3ccc(C)cc3F)oc12. The molecular formula is C21H16FN3O3S. The summed E-state index contributed by atoms with van der Waals surface area (Å²) in [7, 11) is 1.52. The van der Waals surface area contributed by atoms with Crippen LogP contribution in [0.5, 0.6) is 5.75 Å². The molecule has 0 saturated carbocycles. The van der Waals surface area contributed by atoms with Crippen LogP contribution in [0.1, 0.15) is 15.9 Å². The highest BCUT2D eigenvalue weighted by molar-refractivity contribution is 7.13. The molecular weight excluding hydrogens is 393 g/mol. The zero-order valence-corrected chi connectivity index (χ0v) is 16.4. The Hall–Kier alpha value is -3.52. The second-order valence-electron chi connectivity index (χ2n) is 6.20. The largest absolute Gasteiger partial charge is 0.493 e. The minimum atomic E-state index is -0.508. The number of fused-ring (bicyclic) bond motifs is 1. The van der Waals surface area contributed by atoms with Crippen LogP contribution in [-0.2, 0) is 0 Å². The van der Waals surface area contributed by atoms with Crippen molar-refractivity contribution in [2.45, 2.75) is 6.92 Å². The van der Waals surface area contributed by atoms with Gasteiger partial charge in [-0.3, -0.25) is 10.1 Å². The number of para-hydroxylation sites is 1. The summed E-state index contributed by atoms with van der Waals surface area (Å²) < 4.78 is 25.6. The molecule has 6 nitrogen and oxygen atoms in total. The van der Waals surface area contributed by atoms with Crippen molar-refractivity contribution in [3.8, 4) is 5.75 Å². The predicted octanol–water partition coefficient (Wildman–Crippen LogP) is 4.83. The van der Waals surface area contributed by atoms with Gasteiger partial charge in [0, 0.05) is 17.0 Å². The monoisotopic (exact) mass is 409 g/mol. The van der Waals surface area contributed by atoms with Gasteiger partial charge in [0.05, 0.1) is 7.11 Å². The number of nitrogens with one attached hydrogen (secondary N) is 1. The number of benzene rings is 2. The van der Waals surface area contributed by atoms with Gasteiger partial charge in [-0.2, -0.15) is 0 Å². The van der Waals surface area contributed by atoms with E-state index in [4.69, 9.17) is 9.15 Å². The lowest BCUT2D eigenvalue weighted by atomic mass is 10.1. The Morgan fingerprint density at radius 2 is 2.14 bits per heavy atom. The van der Waals surface area contributed by atoms with Crippen molar-refractivity contribution in [3.05, 3.63) is 76.5 Å². The van der Waals surface area contributed by atoms with Gasteiger partial charge < -0.3 is 9.15 Å². The van der Waals surface area contributed by atoms with Crippen LogP contribution in [0, 0.1) is 12.7 Å². The molecule has 0 atom stereocenters. The van der Waals surface area contributed by atoms with Crippen molar-refractivity contribution in [3.63, 3.8) is 0 Å². The fourth-order valence-corrected chi connectivity index (χ4v) is 3.32. The molecule has 1 N–H and O–H groups in total. The predicted molar refractivity (Wildman–Crippen MR) is 109 cm³/mol. The van der Waals surface area contributed by atoms with Gasteiger partial charge in [-0.25, -0.2) is 14.4 Å². The number of aryl methyl sites for hydroxylation is 1. The van der Waals surface area contributed by atoms with Gasteiger partial charge in [-0.1, -0.05) is 18.2 Å². The van der Waals surface area contributed by atoms with E-state index in [0.717, 1.165) is 5.56 Å². The molecule has 0 aliphatic heterocycles. The summed E-state index contributed by atoms with van der Waals surface area (Å²) in [6.07, 6.45) is 1.59. The maximum Gasteiger partial charge on any atom is 0.262 e. The van der Waals surface area contributed by atoms with E-state index in [-0.39, 0.29) is 16.8 Å². The van der Waals surface area contributed by atoms with E-state index in [0.29, 0.717) is 21.9 Å². The van der Waals surface area contributed by atoms with Crippen LogP contribution in [0.15, 0.2) is 63.5 Å². The van der Waals surface area contributed by atoms with Gasteiger partial charge >= 0.3 is 0 Å². The number of thiazole rings is 1. The first kappa shape index (κ1) is 18.8. The van der Waals surface area contributed by atoms with Gasteiger partial charge in [0.25, 0.3) is 5.91 Å². The highest BCUT2D eigenvalue weighted by atomic mass is 32.1. The molecule has 0 radical (unpaired) electrons. The Morgan fingerprint density at radius 1 is 1.28 bits per heavy atom. The maximum atomic E-state index is 14.4. The highest BCUT2D eigenvalue weighted by Gasteiger charge is 2.16. The van der Waals surface area contributed by atoms with Gasteiger partial charge in [-0.15, -0.1) is 11.3 Å². The van der Waals surface area contributed by atoms with E-state index < -0.39 is 11.7 Å². The normalized spacial score (nSPS) is 11.6. The number of hydrogen-bond acceptors (Lipinski definition) is 6. The number of ether oxygens (including phenoxy) is 1. The Balaban J connectivity index is 1.93. The smallest absolute Gasteiger partial charge is 0.262 e. The quantitative estimate of drug-likeness (QED) is 0.524. The number of methoxy groups -OCH3 is 1. The van der Waals surface area contributed by atoms with Crippen molar-refractivity contribution >= 4 is 39.0 Å². The minimum absolute atomic E-state index is 0.0289. The third kappa shape index (κ3) is 3.88. The third-order valence-electron chi connectivity index (χ3n) is 4.18. The summed E-state index contributed by atoms with van der Waals surface area (Å²) in [5.74, 6) is -0.485. The van der Waals surface area contributed by atoms with E-state index in [1.54, 1.807) is 48.8 Å². The van der Waals surface area contributed by atoms with Crippen LogP contribution in [0.25, 0.3) is 11.0 Å². The number of carbonyl (C=O) groups is 1. The van der Waals surface area contributed by atoms with Crippen molar-refractivity contribution in [2.24, 2.45) is 4.99 Å². The summed E-state index contributed by atoms with van der Waals surface area (Å²) >= 11 is 1.29. The molecule has 0 unspecified atom stereocenters. The summed E-state index contributed by atoms with van der Waals surface area (Å²) in [4.78, 5) is 21.2. The van der Waals surface area contributed by atoms with Crippen molar-refractivity contribution in [1.29, 1.82) is 0 Å². The van der Waals surface area contributed by atoms with Crippen LogP contribution in [0.3, 0.4) is 0 Å². The number of amides is 1. The topological polar surface area (TPSA) is 76.7 Å². The van der Waals surface area contributed by atoms with Gasteiger partial charge in [-0.05, 0) is 36.8 Å². The fraction of sp³-hybridized carbons (Fsp3) is 0.0952. The summed E-state index contributed by atoms with van der Waals surface area (Å²) in [6.45, 7) is 1.78. The first-order valence-corrected chi connectivity index (χ1v) is 9.55. The molecule has 4 aromatic rings. The van der Waals surface area contributed by atoms with Crippen LogP contribution in [0.4, 0.5) is 15.2 Å². The van der Waals surface area contributed by atoms with Gasteiger partial charge in [0.15, 0.2) is 16.5 Å². The standard InChI is InChI=1S/C21H16FN3O3S/c1-12-6-7-16(15(22)10-12)24-20-14(19(26)25-21-23-8-9-29-21)11-13-4-3-5-17(27-2)18(13)28-20/h3-11H,1-2H3,(H,23,25,26). The van der Waals surface area contributed by atoms with E-state index in [1.807, 2.05) is 0 Å². The molecule has 2 aromatic heterocycles. The van der Waals surface area contributed by atoms with Crippen LogP contribution >= 0.6 is 11.3 Å². The van der Waals surface area contributed by atoms with Crippen LogP contribution in [-0.4, -0.2) is 18.0 Å². The second-order valence-corrected chi connectivity index (χ2v) is 7.10. The molecule has 0 aliphatic carbocycles. The van der Waals surface area contributed by atoms with Crippen molar-refractivity contribution < 1.29 is 18.3 Å². The fourth-order valence-electron chi connectivity index (χ4n) is 2.79. The van der Waals surface area contributed by atoms with E-state index in [2.05, 4.69) is 15.3 Å². The molecule has 0 fully saturated rings. The third-order valence-corrected chi connectivity index (χ3v) is 4.87. The number of nitrogens with zero attached hydrogens (tertiary/aromatic N) is 2. The van der Waals surface area contributed by atoms with E-state index in [1.165, 1.54) is 30.6 Å². The Morgan fingerprint density at radius 3 is 2.86 bits per heavy atom. The Labute approximate surface area is 169 Å². The number of rotatable bonds is 4. The zero-order chi connectivity index (χ0) is 20.4. The molecule has 0 saturated heterocycles. The van der Waals surface area contributed by atoms with Crippen LogP contribution in [0.2, 0.25) is 0 Å². The van der Waals surface area contributed by atoms with E-state index in [9.17, 15) is 9.18 Å². The lowest BCUT2D eigenvalue weighted by molar-refractivity contribution is 0.102. The Bertz CT molecular complexity index is 1270. The molecule has 146 valence electrons. The average Bonchev–Trinajstić information content (AvgIpc) is 3.22. The molecule has 0 bridgehead atoms. The number of carbonyl (C=O) groups excluding carboxylic acids is 1. The summed E-state index contributed by atoms with van der Waals surface area (Å²) in [5.41, 5.74) is 1.36. The molecule has 0 spiro atoms. The molecule has 8 heteroatoms. The summed E-state index contributed by atoms with van der Waals surface area (Å²) in [5, 5.41) is 5.54. The van der Waals surface area contributed by atoms with Crippen molar-refractivity contribution in [2.75, 3.05) is 12.4 Å². The van der Waals surface area contributed by atoms with Gasteiger partial charge in [0.2, 0.25) is 5.55 Å². The molecule has 29 heavy (non-hydrogen) atoms. The molecule has 4 rings (SSSR count). The lowest BCUT2D eigenvalue weighted by Crippen LogP contribution is -2.21. The minimum Gasteiger partial charge on any atom is -0.493 e. The molecule has 1 amide bonds. The molecule has 2 heterocycles. The number of hydrogen-bond donors (Lipinski definition) is 1. The second kappa shape index (κ2) is 7.84. The molecule has 2 aromatic carbocycles. The number of aromatic nitrogens is 1.